The van der Waals surface area contributed by atoms with Crippen molar-refractivity contribution in [1.29, 1.82) is 0 Å². The number of sulfone groups is 1. The zero-order chi connectivity index (χ0) is 21.0. The molecule has 0 saturated carbocycles. The van der Waals surface area contributed by atoms with Gasteiger partial charge in [0.05, 0.1) is 4.90 Å². The third-order valence-corrected chi connectivity index (χ3v) is 6.05. The van der Waals surface area contributed by atoms with E-state index in [0.29, 0.717) is 18.0 Å². The number of carbonyl (C=O) groups excluding carboxylic acids is 1. The highest BCUT2D eigenvalue weighted by atomic mass is 32.2. The Hall–Kier alpha value is -3.40. The predicted octanol–water partition coefficient (Wildman–Crippen LogP) is 2.02. The van der Waals surface area contributed by atoms with Gasteiger partial charge in [-0.3, -0.25) is 4.79 Å². The van der Waals surface area contributed by atoms with E-state index < -0.39 is 9.84 Å². The molecule has 0 spiro atoms. The molecule has 9 nitrogen and oxygen atoms in total. The van der Waals surface area contributed by atoms with E-state index in [2.05, 4.69) is 15.5 Å². The molecule has 0 aliphatic carbocycles. The second-order valence-electron chi connectivity index (χ2n) is 6.64. The molecular weight excluding hydrogens is 410 g/mol. The first kappa shape index (κ1) is 19.9. The highest BCUT2D eigenvalue weighted by Gasteiger charge is 2.19. The van der Waals surface area contributed by atoms with Gasteiger partial charge in [0.2, 0.25) is 18.6 Å². The van der Waals surface area contributed by atoms with Crippen molar-refractivity contribution >= 4 is 15.7 Å². The van der Waals surface area contributed by atoms with Crippen LogP contribution in [0.5, 0.6) is 11.5 Å². The molecule has 1 aliphatic rings. The van der Waals surface area contributed by atoms with Gasteiger partial charge in [0.15, 0.2) is 27.2 Å². The van der Waals surface area contributed by atoms with Crippen LogP contribution in [0, 0.1) is 0 Å². The molecule has 30 heavy (non-hydrogen) atoms. The van der Waals surface area contributed by atoms with Crippen molar-refractivity contribution in [2.75, 3.05) is 6.79 Å². The van der Waals surface area contributed by atoms with E-state index >= 15 is 0 Å². The van der Waals surface area contributed by atoms with Crippen LogP contribution in [-0.4, -0.2) is 31.3 Å². The first-order valence-electron chi connectivity index (χ1n) is 9.24. The van der Waals surface area contributed by atoms with E-state index in [9.17, 15) is 13.2 Å². The topological polar surface area (TPSA) is 121 Å². The minimum absolute atomic E-state index is 0.0645. The van der Waals surface area contributed by atoms with Crippen molar-refractivity contribution < 1.29 is 27.2 Å². The summed E-state index contributed by atoms with van der Waals surface area (Å²) in [4.78, 5) is 16.4. The van der Waals surface area contributed by atoms with Crippen LogP contribution in [0.1, 0.15) is 23.7 Å². The minimum Gasteiger partial charge on any atom is -0.454 e. The molecule has 0 unspecified atom stereocenters. The van der Waals surface area contributed by atoms with Crippen molar-refractivity contribution in [1.82, 2.24) is 15.5 Å². The molecule has 2 aromatic carbocycles. The second kappa shape index (κ2) is 8.54. The summed E-state index contributed by atoms with van der Waals surface area (Å²) in [7, 11) is -3.56. The Kier molecular flexibility index (Phi) is 5.66. The van der Waals surface area contributed by atoms with Crippen LogP contribution in [0.4, 0.5) is 0 Å². The number of benzene rings is 2. The summed E-state index contributed by atoms with van der Waals surface area (Å²) in [5.74, 6) is 1.07. The van der Waals surface area contributed by atoms with E-state index in [0.717, 1.165) is 5.56 Å². The number of fused-ring (bicyclic) bond motifs is 1. The van der Waals surface area contributed by atoms with Crippen molar-refractivity contribution in [3.8, 4) is 11.5 Å². The molecule has 156 valence electrons. The largest absolute Gasteiger partial charge is 0.454 e. The Morgan fingerprint density at radius 1 is 1.07 bits per heavy atom. The maximum atomic E-state index is 12.4. The van der Waals surface area contributed by atoms with Crippen LogP contribution in [0.15, 0.2) is 57.9 Å². The number of hydrogen-bond donors (Lipinski definition) is 1. The SMILES string of the molecule is O=C(CCc1nc(CS(=O)(=O)c2ccccc2)no1)NCc1ccc2c(c1)OCO2. The molecule has 1 aliphatic heterocycles. The zero-order valence-corrected chi connectivity index (χ0v) is 16.7. The van der Waals surface area contributed by atoms with Gasteiger partial charge in [-0.05, 0) is 29.8 Å². The molecular formula is C20H19N3O6S. The molecule has 1 N–H and O–H groups in total. The van der Waals surface area contributed by atoms with Crippen molar-refractivity contribution in [3.05, 3.63) is 65.8 Å². The Bertz CT molecular complexity index is 1140. The smallest absolute Gasteiger partial charge is 0.231 e. The molecule has 0 saturated heterocycles. The van der Waals surface area contributed by atoms with Gasteiger partial charge in [0.1, 0.15) is 5.75 Å². The van der Waals surface area contributed by atoms with Crippen molar-refractivity contribution in [2.24, 2.45) is 0 Å². The lowest BCUT2D eigenvalue weighted by atomic mass is 10.2. The number of nitrogens with one attached hydrogen (secondary N) is 1. The molecule has 1 amide bonds. The summed E-state index contributed by atoms with van der Waals surface area (Å²) in [6.07, 6.45) is 0.350. The van der Waals surface area contributed by atoms with E-state index in [1.165, 1.54) is 12.1 Å². The monoisotopic (exact) mass is 429 g/mol. The van der Waals surface area contributed by atoms with Gasteiger partial charge in [-0.25, -0.2) is 8.42 Å². The number of aromatic nitrogens is 2. The standard InChI is InChI=1S/C20H19N3O6S/c24-19(21-11-14-6-7-16-17(10-14)28-13-27-16)8-9-20-22-18(23-29-20)12-30(25,26)15-4-2-1-3-5-15/h1-7,10H,8-9,11-13H2,(H,21,24). The second-order valence-corrected chi connectivity index (χ2v) is 8.63. The van der Waals surface area contributed by atoms with Crippen LogP contribution in [-0.2, 0) is 33.4 Å². The first-order chi connectivity index (χ1) is 14.5. The van der Waals surface area contributed by atoms with Gasteiger partial charge >= 0.3 is 0 Å². The fraction of sp³-hybridized carbons (Fsp3) is 0.250. The summed E-state index contributed by atoms with van der Waals surface area (Å²) in [5.41, 5.74) is 0.888. The summed E-state index contributed by atoms with van der Waals surface area (Å²) in [5, 5.41) is 6.51. The van der Waals surface area contributed by atoms with Gasteiger partial charge in [0.25, 0.3) is 0 Å². The molecule has 0 bridgehead atoms. The molecule has 10 heteroatoms. The summed E-state index contributed by atoms with van der Waals surface area (Å²) in [6, 6.07) is 13.5. The molecule has 4 rings (SSSR count). The van der Waals surface area contributed by atoms with Gasteiger partial charge in [0, 0.05) is 19.4 Å². The highest BCUT2D eigenvalue weighted by Crippen LogP contribution is 2.32. The van der Waals surface area contributed by atoms with Crippen molar-refractivity contribution in [3.63, 3.8) is 0 Å². The molecule has 0 radical (unpaired) electrons. The Morgan fingerprint density at radius 2 is 1.87 bits per heavy atom. The van der Waals surface area contributed by atoms with Crippen LogP contribution < -0.4 is 14.8 Å². The molecule has 1 aromatic heterocycles. The zero-order valence-electron chi connectivity index (χ0n) is 15.9. The van der Waals surface area contributed by atoms with Gasteiger partial charge in [-0.15, -0.1) is 0 Å². The average Bonchev–Trinajstić information content (AvgIpc) is 3.40. The fourth-order valence-electron chi connectivity index (χ4n) is 2.89. The van der Waals surface area contributed by atoms with Crippen LogP contribution in [0.3, 0.4) is 0 Å². The third kappa shape index (κ3) is 4.77. The molecule has 3 aromatic rings. The predicted molar refractivity (Wildman–Crippen MR) is 104 cm³/mol. The normalized spacial score (nSPS) is 12.7. The Morgan fingerprint density at radius 3 is 2.70 bits per heavy atom. The number of aryl methyl sites for hydroxylation is 1. The van der Waals surface area contributed by atoms with Gasteiger partial charge < -0.3 is 19.3 Å². The number of hydrogen-bond acceptors (Lipinski definition) is 8. The fourth-order valence-corrected chi connectivity index (χ4v) is 4.09. The lowest BCUT2D eigenvalue weighted by Crippen LogP contribution is -2.23. The third-order valence-electron chi connectivity index (χ3n) is 4.42. The number of carbonyl (C=O) groups is 1. The van der Waals surface area contributed by atoms with Gasteiger partial charge in [-0.2, -0.15) is 4.98 Å². The van der Waals surface area contributed by atoms with Gasteiger partial charge in [-0.1, -0.05) is 29.4 Å². The Labute approximate surface area is 172 Å². The summed E-state index contributed by atoms with van der Waals surface area (Å²) < 4.78 is 40.4. The molecule has 2 heterocycles. The number of nitrogens with zero attached hydrogens (tertiary/aromatic N) is 2. The van der Waals surface area contributed by atoms with Crippen molar-refractivity contribution in [2.45, 2.75) is 30.0 Å². The lowest BCUT2D eigenvalue weighted by molar-refractivity contribution is -0.121. The van der Waals surface area contributed by atoms with Crippen LogP contribution >= 0.6 is 0 Å². The number of ether oxygens (including phenoxy) is 2. The van der Waals surface area contributed by atoms with Crippen LogP contribution in [0.25, 0.3) is 0 Å². The van der Waals surface area contributed by atoms with Crippen LogP contribution in [0.2, 0.25) is 0 Å². The summed E-state index contributed by atoms with van der Waals surface area (Å²) >= 11 is 0. The highest BCUT2D eigenvalue weighted by molar-refractivity contribution is 7.90. The number of amides is 1. The number of rotatable bonds is 8. The maximum Gasteiger partial charge on any atom is 0.231 e. The quantitative estimate of drug-likeness (QED) is 0.577. The van der Waals surface area contributed by atoms with E-state index in [4.69, 9.17) is 14.0 Å². The summed E-state index contributed by atoms with van der Waals surface area (Å²) in [6.45, 7) is 0.545. The van der Waals surface area contributed by atoms with E-state index in [1.807, 2.05) is 12.1 Å². The molecule has 0 atom stereocenters. The average molecular weight is 429 g/mol. The Balaban J connectivity index is 1.26. The minimum atomic E-state index is -3.56. The van der Waals surface area contributed by atoms with E-state index in [-0.39, 0.29) is 47.9 Å². The first-order valence-corrected chi connectivity index (χ1v) is 10.9. The molecule has 0 fully saturated rings. The maximum absolute atomic E-state index is 12.4. The van der Waals surface area contributed by atoms with E-state index in [1.54, 1.807) is 24.3 Å². The lowest BCUT2D eigenvalue weighted by Gasteiger charge is -2.05.